The summed E-state index contributed by atoms with van der Waals surface area (Å²) in [7, 11) is -1.57. The Kier molecular flexibility index (Phi) is 11.9. The smallest absolute Gasteiger partial charge is 0.112 e. The Labute approximate surface area is 179 Å². The van der Waals surface area contributed by atoms with Gasteiger partial charge >= 0.3 is 0 Å². The molecule has 140 valence electrons. The summed E-state index contributed by atoms with van der Waals surface area (Å²) in [6, 6.07) is 33.4. The second-order valence-electron chi connectivity index (χ2n) is 5.89. The largest absolute Gasteiger partial charge is 1.00 e. The molecule has 4 heteroatoms. The summed E-state index contributed by atoms with van der Waals surface area (Å²) in [5.74, 6) is 0. The van der Waals surface area contributed by atoms with E-state index in [9.17, 15) is 0 Å². The monoisotopic (exact) mass is 495 g/mol. The zero-order valence-electron chi connectivity index (χ0n) is 15.2. The fraction of sp³-hybridized carbons (Fsp3) is 0.182. The first-order chi connectivity index (χ1) is 11.4. The molecule has 3 aromatic rings. The second kappa shape index (κ2) is 12.4. The molecule has 0 fully saturated rings. The molecule has 0 atom stereocenters. The van der Waals surface area contributed by atoms with E-state index < -0.39 is 7.26 Å². The van der Waals surface area contributed by atoms with Crippen LogP contribution in [0.2, 0.25) is 0 Å². The number of benzene rings is 3. The Morgan fingerprint density at radius 3 is 1.19 bits per heavy atom. The molecule has 0 aliphatic carbocycles. The molecule has 3 aromatic carbocycles. The zero-order chi connectivity index (χ0) is 16.0. The number of unbranched alkanes of at least 4 members (excludes halogenated alkanes) is 1. The van der Waals surface area contributed by atoms with Crippen LogP contribution in [-0.2, 0) is 0 Å². The molecule has 1 nitrogen and oxygen atoms in total. The van der Waals surface area contributed by atoms with Crippen molar-refractivity contribution >= 4 is 40.2 Å². The highest BCUT2D eigenvalue weighted by Gasteiger charge is 2.44. The molecule has 0 aliphatic rings. The van der Waals surface area contributed by atoms with Crippen LogP contribution in [0.4, 0.5) is 0 Å². The predicted octanol–water partition coefficient (Wildman–Crippen LogP) is 2.52. The van der Waals surface area contributed by atoms with Crippen molar-refractivity contribution in [3.8, 4) is 0 Å². The maximum Gasteiger partial charge on any atom is 0.112 e. The van der Waals surface area contributed by atoms with Gasteiger partial charge < -0.3 is 23.1 Å². The Morgan fingerprint density at radius 1 is 0.615 bits per heavy atom. The van der Waals surface area contributed by atoms with E-state index in [0.29, 0.717) is 0 Å². The molecule has 0 radical (unpaired) electrons. The van der Waals surface area contributed by atoms with Gasteiger partial charge in [-0.2, -0.15) is 0 Å². The minimum Gasteiger partial charge on any atom is -1.00 e. The summed E-state index contributed by atoms with van der Waals surface area (Å²) >= 11 is 0. The Balaban J connectivity index is 0.00000208. The van der Waals surface area contributed by atoms with Gasteiger partial charge in [-0.1, -0.05) is 67.9 Å². The van der Waals surface area contributed by atoms with Crippen LogP contribution in [0.1, 0.15) is 19.8 Å². The highest BCUT2D eigenvalue weighted by molar-refractivity contribution is 8.93. The van der Waals surface area contributed by atoms with Gasteiger partial charge in [0, 0.05) is 0 Å². The first-order valence-corrected chi connectivity index (χ1v) is 10.4. The summed E-state index contributed by atoms with van der Waals surface area (Å²) in [5.41, 5.74) is 0. The Hall–Kier alpha value is -0.990. The van der Waals surface area contributed by atoms with Crippen LogP contribution in [0.5, 0.6) is 0 Å². The lowest BCUT2D eigenvalue weighted by molar-refractivity contribution is -0.00000512. The van der Waals surface area contributed by atoms with E-state index in [1.54, 1.807) is 0 Å². The summed E-state index contributed by atoms with van der Waals surface area (Å²) in [6.07, 6.45) is 3.72. The van der Waals surface area contributed by atoms with Crippen molar-refractivity contribution in [3.63, 3.8) is 0 Å². The quantitative estimate of drug-likeness (QED) is 0.523. The number of rotatable bonds is 6. The standard InChI is InChI=1S/C22H24P.2BrH.H3N/c1-2-3-19-23(20-13-7-4-8-14-20,21-15-9-5-10-16-21)22-17-11-6-12-18-22;;;/h4-18H,2-3,19H2,1H3;2*1H;1H3/q+1;;;/p-1. The predicted molar refractivity (Wildman–Crippen MR) is 120 cm³/mol. The summed E-state index contributed by atoms with van der Waals surface area (Å²) in [4.78, 5) is 0. The van der Waals surface area contributed by atoms with Crippen LogP contribution in [0.25, 0.3) is 0 Å². The van der Waals surface area contributed by atoms with Crippen molar-refractivity contribution in [2.75, 3.05) is 6.16 Å². The summed E-state index contributed by atoms with van der Waals surface area (Å²) < 4.78 is 0. The maximum absolute atomic E-state index is 2.32. The molecule has 0 spiro atoms. The average molecular weight is 497 g/mol. The second-order valence-corrected chi connectivity index (χ2v) is 9.51. The van der Waals surface area contributed by atoms with Crippen molar-refractivity contribution in [2.45, 2.75) is 19.8 Å². The molecule has 0 amide bonds. The van der Waals surface area contributed by atoms with Crippen LogP contribution in [-0.4, -0.2) is 6.16 Å². The van der Waals surface area contributed by atoms with Gasteiger partial charge in [-0.25, -0.2) is 0 Å². The van der Waals surface area contributed by atoms with E-state index in [1.165, 1.54) is 34.9 Å². The van der Waals surface area contributed by atoms with Gasteiger partial charge in [0.2, 0.25) is 0 Å². The van der Waals surface area contributed by atoms with E-state index in [4.69, 9.17) is 0 Å². The van der Waals surface area contributed by atoms with Crippen LogP contribution < -0.4 is 39.0 Å². The van der Waals surface area contributed by atoms with Crippen molar-refractivity contribution in [1.82, 2.24) is 6.15 Å². The van der Waals surface area contributed by atoms with E-state index in [2.05, 4.69) is 97.9 Å². The lowest BCUT2D eigenvalue weighted by atomic mass is 10.3. The van der Waals surface area contributed by atoms with E-state index in [0.717, 1.165) is 0 Å². The van der Waals surface area contributed by atoms with Crippen LogP contribution in [0.15, 0.2) is 91.0 Å². The molecule has 0 unspecified atom stereocenters. The van der Waals surface area contributed by atoms with E-state index in [-0.39, 0.29) is 40.1 Å². The first-order valence-electron chi connectivity index (χ1n) is 8.43. The van der Waals surface area contributed by atoms with E-state index >= 15 is 0 Å². The summed E-state index contributed by atoms with van der Waals surface area (Å²) in [5, 5.41) is 4.47. The van der Waals surface area contributed by atoms with Gasteiger partial charge in [-0.3, -0.25) is 0 Å². The highest BCUT2D eigenvalue weighted by atomic mass is 79.9. The molecule has 3 N–H and O–H groups in total. The molecule has 3 rings (SSSR count). The lowest BCUT2D eigenvalue weighted by Gasteiger charge is -2.27. The van der Waals surface area contributed by atoms with Crippen LogP contribution in [0.3, 0.4) is 0 Å². The third kappa shape index (κ3) is 5.27. The normalized spacial score (nSPS) is 10.0. The fourth-order valence-electron chi connectivity index (χ4n) is 3.28. The van der Waals surface area contributed by atoms with Gasteiger partial charge in [0.1, 0.15) is 23.2 Å². The molecule has 0 saturated carbocycles. The topological polar surface area (TPSA) is 35.0 Å². The van der Waals surface area contributed by atoms with Gasteiger partial charge in [0.05, 0.1) is 6.16 Å². The Bertz CT molecular complexity index is 624. The first kappa shape index (κ1) is 25.0. The molecule has 0 aromatic heterocycles. The third-order valence-corrected chi connectivity index (χ3v) is 8.96. The third-order valence-electron chi connectivity index (χ3n) is 4.44. The Morgan fingerprint density at radius 2 is 0.923 bits per heavy atom. The molecule has 0 saturated heterocycles. The summed E-state index contributed by atoms with van der Waals surface area (Å²) in [6.45, 7) is 2.29. The fourth-order valence-corrected chi connectivity index (χ4v) is 7.78. The van der Waals surface area contributed by atoms with Gasteiger partial charge in [0.15, 0.2) is 0 Å². The zero-order valence-corrected chi connectivity index (χ0v) is 19.4. The van der Waals surface area contributed by atoms with Crippen molar-refractivity contribution in [1.29, 1.82) is 0 Å². The minimum absolute atomic E-state index is 0. The van der Waals surface area contributed by atoms with Gasteiger partial charge in [0.25, 0.3) is 0 Å². The van der Waals surface area contributed by atoms with Gasteiger partial charge in [-0.15, -0.1) is 17.0 Å². The average Bonchev–Trinajstić information content (AvgIpc) is 2.65. The van der Waals surface area contributed by atoms with Crippen molar-refractivity contribution < 1.29 is 17.0 Å². The molecule has 0 bridgehead atoms. The molecule has 0 aliphatic heterocycles. The molecular formula is C22H28Br2NP. The number of halogens is 2. The van der Waals surface area contributed by atoms with Crippen LogP contribution in [0, 0.1) is 0 Å². The van der Waals surface area contributed by atoms with Crippen molar-refractivity contribution in [2.24, 2.45) is 0 Å². The molecule has 26 heavy (non-hydrogen) atoms. The lowest BCUT2D eigenvalue weighted by Crippen LogP contribution is -3.00. The van der Waals surface area contributed by atoms with Gasteiger partial charge in [-0.05, 0) is 42.8 Å². The number of hydrogen-bond donors (Lipinski definition) is 1. The minimum atomic E-state index is -1.57. The molecule has 0 heterocycles. The van der Waals surface area contributed by atoms with Crippen molar-refractivity contribution in [3.05, 3.63) is 91.0 Å². The SMILES string of the molecule is Br.CCCC[P+](c1ccccc1)(c1ccccc1)c1ccccc1.N.[Br-]. The highest BCUT2D eigenvalue weighted by Crippen LogP contribution is 2.55. The molecular weight excluding hydrogens is 469 g/mol. The number of hydrogen-bond acceptors (Lipinski definition) is 1. The maximum atomic E-state index is 2.32. The van der Waals surface area contributed by atoms with Crippen LogP contribution >= 0.6 is 24.2 Å². The van der Waals surface area contributed by atoms with E-state index in [1.807, 2.05) is 0 Å².